The minimum absolute atomic E-state index is 0.714. The first-order chi connectivity index (χ1) is 7.79. The second-order valence-electron chi connectivity index (χ2n) is 3.76. The number of rotatable bonds is 5. The van der Waals surface area contributed by atoms with Crippen LogP contribution in [0, 0.1) is 0 Å². The molecule has 2 N–H and O–H groups in total. The molecule has 0 aliphatic heterocycles. The average Bonchev–Trinajstić information content (AvgIpc) is 2.66. The number of hydrogen-bond acceptors (Lipinski definition) is 4. The van der Waals surface area contributed by atoms with E-state index >= 15 is 0 Å². The van der Waals surface area contributed by atoms with Gasteiger partial charge < -0.3 is 10.2 Å². The van der Waals surface area contributed by atoms with Crippen LogP contribution in [0.4, 0.5) is 5.69 Å². The van der Waals surface area contributed by atoms with E-state index in [2.05, 4.69) is 11.9 Å². The maximum atomic E-state index is 5.68. The Morgan fingerprint density at radius 3 is 3.06 bits per heavy atom. The van der Waals surface area contributed by atoms with Gasteiger partial charge in [-0.1, -0.05) is 31.5 Å². The Kier molecular flexibility index (Phi) is 3.72. The molecule has 1 aromatic carbocycles. The molecular formula is C12H16N2OS. The van der Waals surface area contributed by atoms with Crippen molar-refractivity contribution < 1.29 is 4.42 Å². The Morgan fingerprint density at radius 1 is 1.38 bits per heavy atom. The van der Waals surface area contributed by atoms with Crippen molar-refractivity contribution in [2.24, 2.45) is 0 Å². The zero-order chi connectivity index (χ0) is 11.4. The fourth-order valence-corrected chi connectivity index (χ4v) is 2.33. The summed E-state index contributed by atoms with van der Waals surface area (Å²) in [5.74, 6) is 1.07. The van der Waals surface area contributed by atoms with Crippen LogP contribution in [0.2, 0.25) is 0 Å². The van der Waals surface area contributed by atoms with Gasteiger partial charge in [0.05, 0.1) is 0 Å². The number of nitrogens with zero attached hydrogens (tertiary/aromatic N) is 1. The maximum absolute atomic E-state index is 5.68. The SMILES string of the molecule is CCCCCSc1nc2ccc(N)cc2o1. The van der Waals surface area contributed by atoms with E-state index in [1.54, 1.807) is 11.8 Å². The van der Waals surface area contributed by atoms with Crippen LogP contribution < -0.4 is 5.73 Å². The molecule has 0 bridgehead atoms. The van der Waals surface area contributed by atoms with Crippen molar-refractivity contribution in [2.75, 3.05) is 11.5 Å². The van der Waals surface area contributed by atoms with E-state index in [4.69, 9.17) is 10.2 Å². The van der Waals surface area contributed by atoms with Gasteiger partial charge in [0.25, 0.3) is 5.22 Å². The Labute approximate surface area is 99.4 Å². The fourth-order valence-electron chi connectivity index (χ4n) is 1.49. The minimum atomic E-state index is 0.714. The zero-order valence-electron chi connectivity index (χ0n) is 9.40. The van der Waals surface area contributed by atoms with Crippen molar-refractivity contribution in [1.82, 2.24) is 4.98 Å². The second-order valence-corrected chi connectivity index (χ2v) is 4.81. The van der Waals surface area contributed by atoms with E-state index in [1.807, 2.05) is 18.2 Å². The van der Waals surface area contributed by atoms with Crippen molar-refractivity contribution in [3.05, 3.63) is 18.2 Å². The molecule has 0 amide bonds. The number of oxazole rings is 1. The number of thioether (sulfide) groups is 1. The molecule has 0 saturated heterocycles. The molecule has 0 atom stereocenters. The highest BCUT2D eigenvalue weighted by atomic mass is 32.2. The van der Waals surface area contributed by atoms with Crippen LogP contribution in [0.1, 0.15) is 26.2 Å². The lowest BCUT2D eigenvalue weighted by atomic mass is 10.3. The van der Waals surface area contributed by atoms with E-state index in [-0.39, 0.29) is 0 Å². The van der Waals surface area contributed by atoms with Crippen LogP contribution >= 0.6 is 11.8 Å². The summed E-state index contributed by atoms with van der Waals surface area (Å²) < 4.78 is 5.60. The van der Waals surface area contributed by atoms with Crippen molar-refractivity contribution >= 4 is 28.5 Å². The highest BCUT2D eigenvalue weighted by molar-refractivity contribution is 7.99. The third-order valence-corrected chi connectivity index (χ3v) is 3.28. The van der Waals surface area contributed by atoms with E-state index in [1.165, 1.54) is 19.3 Å². The highest BCUT2D eigenvalue weighted by Crippen LogP contribution is 2.25. The van der Waals surface area contributed by atoms with Crippen molar-refractivity contribution in [3.63, 3.8) is 0 Å². The molecule has 2 aromatic rings. The molecular weight excluding hydrogens is 220 g/mol. The standard InChI is InChI=1S/C12H16N2OS/c1-2-3-4-7-16-12-14-10-6-5-9(13)8-11(10)15-12/h5-6,8H,2-4,7,13H2,1H3. The van der Waals surface area contributed by atoms with Gasteiger partial charge in [0.1, 0.15) is 5.52 Å². The Morgan fingerprint density at radius 2 is 2.25 bits per heavy atom. The molecule has 0 aliphatic rings. The molecule has 0 saturated carbocycles. The molecule has 0 unspecified atom stereocenters. The Hall–Kier alpha value is -1.16. The summed E-state index contributed by atoms with van der Waals surface area (Å²) in [5.41, 5.74) is 8.05. The molecule has 0 fully saturated rings. The quantitative estimate of drug-likeness (QED) is 0.488. The predicted molar refractivity (Wildman–Crippen MR) is 68.7 cm³/mol. The normalized spacial score (nSPS) is 11.1. The average molecular weight is 236 g/mol. The van der Waals surface area contributed by atoms with Gasteiger partial charge in [-0.25, -0.2) is 4.98 Å². The van der Waals surface area contributed by atoms with Gasteiger partial charge in [0, 0.05) is 17.5 Å². The lowest BCUT2D eigenvalue weighted by Gasteiger charge is -1.94. The van der Waals surface area contributed by atoms with E-state index < -0.39 is 0 Å². The maximum Gasteiger partial charge on any atom is 0.256 e. The van der Waals surface area contributed by atoms with Gasteiger partial charge in [-0.2, -0.15) is 0 Å². The van der Waals surface area contributed by atoms with Gasteiger partial charge in [-0.05, 0) is 18.6 Å². The van der Waals surface area contributed by atoms with Gasteiger partial charge in [0.15, 0.2) is 5.58 Å². The predicted octanol–water partition coefficient (Wildman–Crippen LogP) is 3.69. The van der Waals surface area contributed by atoms with E-state index in [0.717, 1.165) is 22.1 Å². The number of anilines is 1. The number of unbranched alkanes of at least 4 members (excludes halogenated alkanes) is 2. The first kappa shape index (κ1) is 11.3. The lowest BCUT2D eigenvalue weighted by molar-refractivity contribution is 0.489. The third kappa shape index (κ3) is 2.70. The highest BCUT2D eigenvalue weighted by Gasteiger charge is 2.05. The first-order valence-corrected chi connectivity index (χ1v) is 6.57. The smallest absolute Gasteiger partial charge is 0.256 e. The molecule has 0 radical (unpaired) electrons. The number of aromatic nitrogens is 1. The van der Waals surface area contributed by atoms with E-state index in [0.29, 0.717) is 5.69 Å². The summed E-state index contributed by atoms with van der Waals surface area (Å²) in [6.07, 6.45) is 3.72. The van der Waals surface area contributed by atoms with Gasteiger partial charge in [-0.3, -0.25) is 0 Å². The zero-order valence-corrected chi connectivity index (χ0v) is 10.2. The van der Waals surface area contributed by atoms with Crippen molar-refractivity contribution in [2.45, 2.75) is 31.4 Å². The molecule has 4 heteroatoms. The largest absolute Gasteiger partial charge is 0.431 e. The van der Waals surface area contributed by atoms with Crippen molar-refractivity contribution in [1.29, 1.82) is 0 Å². The van der Waals surface area contributed by atoms with Gasteiger partial charge in [0.2, 0.25) is 0 Å². The third-order valence-electron chi connectivity index (χ3n) is 2.37. The summed E-state index contributed by atoms with van der Waals surface area (Å²) >= 11 is 1.67. The fraction of sp³-hybridized carbons (Fsp3) is 0.417. The second kappa shape index (κ2) is 5.25. The molecule has 2 rings (SSSR count). The Balaban J connectivity index is 2.02. The molecule has 86 valence electrons. The number of hydrogen-bond donors (Lipinski definition) is 1. The molecule has 0 spiro atoms. The van der Waals surface area contributed by atoms with Crippen molar-refractivity contribution in [3.8, 4) is 0 Å². The molecule has 3 nitrogen and oxygen atoms in total. The van der Waals surface area contributed by atoms with Crippen LogP contribution in [0.5, 0.6) is 0 Å². The minimum Gasteiger partial charge on any atom is -0.431 e. The Bertz CT molecular complexity index is 467. The van der Waals surface area contributed by atoms with Crippen LogP contribution in [-0.2, 0) is 0 Å². The summed E-state index contributed by atoms with van der Waals surface area (Å²) in [6, 6.07) is 5.55. The molecule has 1 aromatic heterocycles. The monoisotopic (exact) mass is 236 g/mol. The first-order valence-electron chi connectivity index (χ1n) is 5.58. The molecule has 1 heterocycles. The summed E-state index contributed by atoms with van der Waals surface area (Å²) in [4.78, 5) is 4.39. The van der Waals surface area contributed by atoms with Gasteiger partial charge in [-0.15, -0.1) is 0 Å². The van der Waals surface area contributed by atoms with Crippen LogP contribution in [0.25, 0.3) is 11.1 Å². The number of benzene rings is 1. The number of nitrogen functional groups attached to an aromatic ring is 1. The van der Waals surface area contributed by atoms with Crippen LogP contribution in [0.15, 0.2) is 27.8 Å². The summed E-state index contributed by atoms with van der Waals surface area (Å²) in [7, 11) is 0. The summed E-state index contributed by atoms with van der Waals surface area (Å²) in [6.45, 7) is 2.20. The topological polar surface area (TPSA) is 52.0 Å². The van der Waals surface area contributed by atoms with E-state index in [9.17, 15) is 0 Å². The summed E-state index contributed by atoms with van der Waals surface area (Å²) in [5, 5.41) is 0.747. The van der Waals surface area contributed by atoms with Crippen LogP contribution in [0.3, 0.4) is 0 Å². The molecule has 16 heavy (non-hydrogen) atoms. The van der Waals surface area contributed by atoms with Crippen LogP contribution in [-0.4, -0.2) is 10.7 Å². The number of nitrogens with two attached hydrogens (primary N) is 1. The number of fused-ring (bicyclic) bond motifs is 1. The van der Waals surface area contributed by atoms with Gasteiger partial charge >= 0.3 is 0 Å². The molecule has 0 aliphatic carbocycles. The lowest BCUT2D eigenvalue weighted by Crippen LogP contribution is -1.81.